The van der Waals surface area contributed by atoms with Crippen LogP contribution < -0.4 is 5.73 Å². The lowest BCUT2D eigenvalue weighted by atomic mass is 10.2. The highest BCUT2D eigenvalue weighted by Crippen LogP contribution is 2.29. The number of phenols is 1. The summed E-state index contributed by atoms with van der Waals surface area (Å²) in [5, 5.41) is 11.7. The number of nitrogens with two attached hydrogens (primary N) is 1. The summed E-state index contributed by atoms with van der Waals surface area (Å²) in [5.74, 6) is -0.106. The number of nitrogens with zero attached hydrogens (tertiary/aromatic N) is 1. The molecule has 0 fully saturated rings. The van der Waals surface area contributed by atoms with Crippen LogP contribution in [0.4, 0.5) is 11.4 Å². The molecule has 0 atom stereocenters. The van der Waals surface area contributed by atoms with E-state index in [1.165, 1.54) is 12.1 Å². The Balaban J connectivity index is 3.31. The van der Waals surface area contributed by atoms with Gasteiger partial charge in [0, 0.05) is 6.07 Å². The highest BCUT2D eigenvalue weighted by atomic mass is 16.3. The average molecular weight is 152 g/mol. The molecule has 0 aliphatic carbocycles. The normalized spacial score (nSPS) is 9.55. The van der Waals surface area contributed by atoms with Crippen molar-refractivity contribution in [3.63, 3.8) is 0 Å². The summed E-state index contributed by atoms with van der Waals surface area (Å²) in [5.41, 5.74) is 6.49. The van der Waals surface area contributed by atoms with Crippen LogP contribution in [0.2, 0.25) is 0 Å². The summed E-state index contributed by atoms with van der Waals surface area (Å²) in [7, 11) is 0. The summed E-state index contributed by atoms with van der Waals surface area (Å²) >= 11 is 0. The van der Waals surface area contributed by atoms with E-state index in [4.69, 9.17) is 10.8 Å². The van der Waals surface area contributed by atoms with Crippen molar-refractivity contribution in [3.05, 3.63) is 22.6 Å². The zero-order chi connectivity index (χ0) is 8.43. The monoisotopic (exact) mass is 152 g/mol. The lowest BCUT2D eigenvalue weighted by molar-refractivity contribution is 0.478. The van der Waals surface area contributed by atoms with Gasteiger partial charge in [0.2, 0.25) is 0 Å². The first-order valence-electron chi connectivity index (χ1n) is 3.07. The quantitative estimate of drug-likeness (QED) is 0.365. The van der Waals surface area contributed by atoms with Crippen molar-refractivity contribution < 1.29 is 5.11 Å². The summed E-state index contributed by atoms with van der Waals surface area (Å²) in [4.78, 5) is 10.1. The van der Waals surface area contributed by atoms with Crippen LogP contribution in [-0.2, 0) is 0 Å². The maximum Gasteiger partial charge on any atom is 0.140 e. The molecule has 4 heteroatoms. The molecule has 3 N–H and O–H groups in total. The summed E-state index contributed by atoms with van der Waals surface area (Å²) < 4.78 is 0. The van der Waals surface area contributed by atoms with Gasteiger partial charge in [0.15, 0.2) is 0 Å². The number of nitrogen functional groups attached to an aromatic ring is 1. The molecule has 0 aromatic heterocycles. The number of phenolic OH excluding ortho intramolecular Hbond substituents is 1. The Labute approximate surface area is 63.6 Å². The van der Waals surface area contributed by atoms with Gasteiger partial charge in [-0.05, 0) is 23.7 Å². The second-order valence-corrected chi connectivity index (χ2v) is 2.29. The molecule has 0 saturated heterocycles. The molecule has 1 rings (SSSR count). The van der Waals surface area contributed by atoms with Crippen molar-refractivity contribution in [2.24, 2.45) is 5.18 Å². The Morgan fingerprint density at radius 1 is 1.55 bits per heavy atom. The number of aromatic hydroxyl groups is 1. The molecule has 0 aliphatic rings. The van der Waals surface area contributed by atoms with Gasteiger partial charge in [-0.2, -0.15) is 0 Å². The third kappa shape index (κ3) is 1.29. The molecule has 0 spiro atoms. The third-order valence-electron chi connectivity index (χ3n) is 1.44. The average Bonchev–Trinajstić information content (AvgIpc) is 1.97. The standard InChI is InChI=1S/C7H8N2O2/c1-4-2-5(8)7(10)3-6(4)9-11/h2-3,10H,8H2,1H3. The number of hydrogen-bond acceptors (Lipinski definition) is 4. The number of anilines is 1. The molecule has 1 aromatic carbocycles. The largest absolute Gasteiger partial charge is 0.506 e. The van der Waals surface area contributed by atoms with Crippen molar-refractivity contribution in [2.75, 3.05) is 5.73 Å². The van der Waals surface area contributed by atoms with Gasteiger partial charge < -0.3 is 10.8 Å². The fourth-order valence-electron chi connectivity index (χ4n) is 0.806. The highest BCUT2D eigenvalue weighted by molar-refractivity contribution is 5.62. The van der Waals surface area contributed by atoms with Gasteiger partial charge in [0.05, 0.1) is 5.69 Å². The zero-order valence-electron chi connectivity index (χ0n) is 6.03. The molecule has 0 saturated carbocycles. The van der Waals surface area contributed by atoms with Crippen LogP contribution in [0.1, 0.15) is 5.56 Å². The Morgan fingerprint density at radius 2 is 2.18 bits per heavy atom. The molecule has 0 heterocycles. The molecule has 0 radical (unpaired) electrons. The van der Waals surface area contributed by atoms with Gasteiger partial charge in [-0.3, -0.25) is 0 Å². The predicted octanol–water partition coefficient (Wildman–Crippen LogP) is 1.68. The predicted molar refractivity (Wildman–Crippen MR) is 42.7 cm³/mol. The summed E-state index contributed by atoms with van der Waals surface area (Å²) in [6.07, 6.45) is 0. The van der Waals surface area contributed by atoms with Crippen molar-refractivity contribution in [1.82, 2.24) is 0 Å². The molecular formula is C7H8N2O2. The molecule has 4 nitrogen and oxygen atoms in total. The Hall–Kier alpha value is -1.58. The van der Waals surface area contributed by atoms with Gasteiger partial charge in [0.25, 0.3) is 0 Å². The van der Waals surface area contributed by atoms with Crippen molar-refractivity contribution in [1.29, 1.82) is 0 Å². The van der Waals surface area contributed by atoms with Crippen LogP contribution in [0.3, 0.4) is 0 Å². The second kappa shape index (κ2) is 2.57. The highest BCUT2D eigenvalue weighted by Gasteiger charge is 2.02. The van der Waals surface area contributed by atoms with E-state index in [2.05, 4.69) is 5.18 Å². The minimum absolute atomic E-state index is 0.106. The molecular weight excluding hydrogens is 144 g/mol. The van der Waals surface area contributed by atoms with E-state index in [-0.39, 0.29) is 17.1 Å². The van der Waals surface area contributed by atoms with Crippen LogP contribution in [0, 0.1) is 11.8 Å². The van der Waals surface area contributed by atoms with E-state index in [9.17, 15) is 4.91 Å². The van der Waals surface area contributed by atoms with Crippen LogP contribution in [-0.4, -0.2) is 5.11 Å². The van der Waals surface area contributed by atoms with Crippen molar-refractivity contribution in [2.45, 2.75) is 6.92 Å². The Kier molecular flexibility index (Phi) is 1.76. The van der Waals surface area contributed by atoms with Gasteiger partial charge in [-0.1, -0.05) is 0 Å². The fourth-order valence-corrected chi connectivity index (χ4v) is 0.806. The Morgan fingerprint density at radius 3 is 2.73 bits per heavy atom. The van der Waals surface area contributed by atoms with Gasteiger partial charge in [0.1, 0.15) is 11.4 Å². The second-order valence-electron chi connectivity index (χ2n) is 2.29. The maximum absolute atomic E-state index is 10.1. The smallest absolute Gasteiger partial charge is 0.140 e. The molecule has 0 bridgehead atoms. The van der Waals surface area contributed by atoms with Gasteiger partial charge >= 0.3 is 0 Å². The fraction of sp³-hybridized carbons (Fsp3) is 0.143. The lowest BCUT2D eigenvalue weighted by Crippen LogP contribution is -1.86. The summed E-state index contributed by atoms with van der Waals surface area (Å²) in [6.45, 7) is 1.70. The third-order valence-corrected chi connectivity index (χ3v) is 1.44. The first-order chi connectivity index (χ1) is 5.15. The number of nitroso groups, excluding NO2 is 1. The molecule has 1 aromatic rings. The molecule has 0 aliphatic heterocycles. The SMILES string of the molecule is Cc1cc(N)c(O)cc1N=O. The minimum Gasteiger partial charge on any atom is -0.506 e. The van der Waals surface area contributed by atoms with Gasteiger partial charge in [-0.15, -0.1) is 4.91 Å². The van der Waals surface area contributed by atoms with E-state index >= 15 is 0 Å². The van der Waals surface area contributed by atoms with Crippen LogP contribution in [0.25, 0.3) is 0 Å². The lowest BCUT2D eigenvalue weighted by Gasteiger charge is -2.00. The van der Waals surface area contributed by atoms with E-state index in [0.717, 1.165) is 0 Å². The van der Waals surface area contributed by atoms with E-state index in [1.54, 1.807) is 6.92 Å². The number of aryl methyl sites for hydroxylation is 1. The molecule has 0 unspecified atom stereocenters. The molecule has 0 amide bonds. The molecule has 58 valence electrons. The maximum atomic E-state index is 10.1. The van der Waals surface area contributed by atoms with Crippen molar-refractivity contribution >= 4 is 11.4 Å². The Bertz CT molecular complexity index is 297. The number of hydrogen-bond donors (Lipinski definition) is 2. The molecule has 11 heavy (non-hydrogen) atoms. The van der Waals surface area contributed by atoms with Crippen LogP contribution >= 0.6 is 0 Å². The number of benzene rings is 1. The topological polar surface area (TPSA) is 75.7 Å². The van der Waals surface area contributed by atoms with E-state index in [1.807, 2.05) is 0 Å². The number of rotatable bonds is 1. The van der Waals surface area contributed by atoms with Gasteiger partial charge in [-0.25, -0.2) is 0 Å². The van der Waals surface area contributed by atoms with E-state index < -0.39 is 0 Å². The van der Waals surface area contributed by atoms with Crippen molar-refractivity contribution in [3.8, 4) is 5.75 Å². The first kappa shape index (κ1) is 7.53. The first-order valence-corrected chi connectivity index (χ1v) is 3.07. The zero-order valence-corrected chi connectivity index (χ0v) is 6.03. The van der Waals surface area contributed by atoms with Crippen LogP contribution in [0.5, 0.6) is 5.75 Å². The van der Waals surface area contributed by atoms with E-state index in [0.29, 0.717) is 5.56 Å². The minimum atomic E-state index is -0.106. The van der Waals surface area contributed by atoms with Crippen LogP contribution in [0.15, 0.2) is 17.3 Å². The summed E-state index contributed by atoms with van der Waals surface area (Å²) in [6, 6.07) is 2.75.